The first-order valence-electron chi connectivity index (χ1n) is 6.91. The number of aliphatic imine (C=N–C) groups is 1. The monoisotopic (exact) mass is 290 g/mol. The number of amides is 2. The van der Waals surface area contributed by atoms with Crippen molar-refractivity contribution in [1.29, 1.82) is 0 Å². The predicted molar refractivity (Wildman–Crippen MR) is 82.9 cm³/mol. The molecule has 0 spiro atoms. The zero-order valence-corrected chi connectivity index (χ0v) is 12.4. The average molecular weight is 290 g/mol. The zero-order chi connectivity index (χ0) is 15.7. The van der Waals surface area contributed by atoms with Crippen LogP contribution in [0.5, 0.6) is 0 Å². The van der Waals surface area contributed by atoms with Gasteiger partial charge < -0.3 is 16.4 Å². The van der Waals surface area contributed by atoms with Gasteiger partial charge in [0.25, 0.3) is 5.91 Å². The van der Waals surface area contributed by atoms with Gasteiger partial charge in [-0.25, -0.2) is 0 Å². The highest BCUT2D eigenvalue weighted by atomic mass is 16.2. The number of amidine groups is 1. The van der Waals surface area contributed by atoms with E-state index in [2.05, 4.69) is 15.6 Å². The number of carbonyl (C=O) groups is 2. The maximum Gasteiger partial charge on any atom is 0.286 e. The van der Waals surface area contributed by atoms with Crippen molar-refractivity contribution >= 4 is 17.6 Å². The van der Waals surface area contributed by atoms with Gasteiger partial charge in [-0.2, -0.15) is 0 Å². The van der Waals surface area contributed by atoms with Gasteiger partial charge in [-0.3, -0.25) is 14.6 Å². The van der Waals surface area contributed by atoms with Crippen molar-refractivity contribution < 1.29 is 9.59 Å². The van der Waals surface area contributed by atoms with E-state index in [4.69, 9.17) is 5.73 Å². The Morgan fingerprint density at radius 2 is 1.86 bits per heavy atom. The highest BCUT2D eigenvalue weighted by Crippen LogP contribution is 1.98. The third-order valence-electron chi connectivity index (χ3n) is 2.57. The van der Waals surface area contributed by atoms with E-state index in [1.54, 1.807) is 0 Å². The first kappa shape index (κ1) is 16.7. The van der Waals surface area contributed by atoms with Crippen LogP contribution in [0.25, 0.3) is 0 Å². The largest absolute Gasteiger partial charge is 0.368 e. The quantitative estimate of drug-likeness (QED) is 0.517. The number of rotatable bonds is 6. The molecular weight excluding hydrogens is 268 g/mol. The normalized spacial score (nSPS) is 11.3. The number of nitrogens with one attached hydrogen (secondary N) is 2. The molecule has 1 aromatic carbocycles. The minimum absolute atomic E-state index is 0.0245. The number of nitrogens with zero attached hydrogens (tertiary/aromatic N) is 1. The van der Waals surface area contributed by atoms with Crippen molar-refractivity contribution in [3.8, 4) is 0 Å². The lowest BCUT2D eigenvalue weighted by Gasteiger charge is -2.11. The van der Waals surface area contributed by atoms with Gasteiger partial charge in [0, 0.05) is 12.6 Å². The molecular formula is C15H22N4O2. The van der Waals surface area contributed by atoms with E-state index in [1.165, 1.54) is 5.56 Å². The summed E-state index contributed by atoms with van der Waals surface area (Å²) in [4.78, 5) is 26.8. The van der Waals surface area contributed by atoms with E-state index in [0.29, 0.717) is 6.54 Å². The Balaban J connectivity index is 2.54. The molecule has 2 amide bonds. The highest BCUT2D eigenvalue weighted by Gasteiger charge is 2.12. The predicted octanol–water partition coefficient (Wildman–Crippen LogP) is 0.227. The lowest BCUT2D eigenvalue weighted by Crippen LogP contribution is -2.44. The molecule has 0 saturated carbocycles. The van der Waals surface area contributed by atoms with Crippen LogP contribution in [-0.4, -0.2) is 36.8 Å². The number of nitrogens with two attached hydrogens (primary N) is 1. The minimum Gasteiger partial charge on any atom is -0.368 e. The molecule has 0 aromatic heterocycles. The zero-order valence-electron chi connectivity index (χ0n) is 12.4. The van der Waals surface area contributed by atoms with Crippen LogP contribution >= 0.6 is 0 Å². The Hall–Kier alpha value is -2.37. The van der Waals surface area contributed by atoms with Gasteiger partial charge in [-0.1, -0.05) is 30.3 Å². The Bertz CT molecular complexity index is 498. The summed E-state index contributed by atoms with van der Waals surface area (Å²) in [5.74, 6) is -0.783. The minimum atomic E-state index is -0.587. The van der Waals surface area contributed by atoms with Crippen molar-refractivity contribution in [3.05, 3.63) is 35.9 Å². The molecule has 1 rings (SSSR count). The van der Waals surface area contributed by atoms with E-state index in [-0.39, 0.29) is 18.4 Å². The number of benzene rings is 1. The lowest BCUT2D eigenvalue weighted by molar-refractivity contribution is -0.121. The summed E-state index contributed by atoms with van der Waals surface area (Å²) in [7, 11) is 0. The molecule has 0 radical (unpaired) electrons. The fourth-order valence-corrected chi connectivity index (χ4v) is 1.66. The fraction of sp³-hybridized carbons (Fsp3) is 0.400. The Kier molecular flexibility index (Phi) is 6.94. The van der Waals surface area contributed by atoms with Crippen LogP contribution in [0.3, 0.4) is 0 Å². The van der Waals surface area contributed by atoms with Gasteiger partial charge in [-0.15, -0.1) is 0 Å². The molecule has 1 aromatic rings. The number of hydrogen-bond acceptors (Lipinski definition) is 3. The molecule has 21 heavy (non-hydrogen) atoms. The second-order valence-electron chi connectivity index (χ2n) is 4.88. The molecule has 0 atom stereocenters. The number of primary amides is 1. The van der Waals surface area contributed by atoms with E-state index >= 15 is 0 Å². The van der Waals surface area contributed by atoms with Gasteiger partial charge in [0.15, 0.2) is 5.84 Å². The summed E-state index contributed by atoms with van der Waals surface area (Å²) in [5.41, 5.74) is 6.18. The third kappa shape index (κ3) is 7.10. The second-order valence-corrected chi connectivity index (χ2v) is 4.88. The van der Waals surface area contributed by atoms with Gasteiger partial charge in [0.2, 0.25) is 5.91 Å². The van der Waals surface area contributed by atoms with Crippen LogP contribution in [0.4, 0.5) is 0 Å². The lowest BCUT2D eigenvalue weighted by atomic mass is 10.1. The fourth-order valence-electron chi connectivity index (χ4n) is 1.66. The molecule has 0 bridgehead atoms. The van der Waals surface area contributed by atoms with Crippen LogP contribution in [0.15, 0.2) is 35.3 Å². The third-order valence-corrected chi connectivity index (χ3v) is 2.57. The van der Waals surface area contributed by atoms with E-state index in [9.17, 15) is 9.59 Å². The molecule has 0 aliphatic carbocycles. The Morgan fingerprint density at radius 1 is 1.19 bits per heavy atom. The van der Waals surface area contributed by atoms with Gasteiger partial charge in [0.05, 0.1) is 6.54 Å². The molecule has 4 N–H and O–H groups in total. The molecule has 6 nitrogen and oxygen atoms in total. The Labute approximate surface area is 124 Å². The van der Waals surface area contributed by atoms with Crippen molar-refractivity contribution in [2.24, 2.45) is 10.7 Å². The average Bonchev–Trinajstić information content (AvgIpc) is 2.44. The standard InChI is InChI=1S/C15H22N4O2/c1-11(2)19-14(15(21)18-10-13(16)20)17-9-8-12-6-4-3-5-7-12/h3-7,11H,8-10H2,1-2H3,(H2,16,20)(H,17,19)(H,18,21). The molecule has 6 heteroatoms. The smallest absolute Gasteiger partial charge is 0.286 e. The van der Waals surface area contributed by atoms with E-state index < -0.39 is 11.8 Å². The van der Waals surface area contributed by atoms with Crippen molar-refractivity contribution in [2.45, 2.75) is 26.3 Å². The summed E-state index contributed by atoms with van der Waals surface area (Å²) in [6.45, 7) is 4.14. The van der Waals surface area contributed by atoms with Crippen LogP contribution < -0.4 is 16.4 Å². The first-order valence-corrected chi connectivity index (χ1v) is 6.91. The topological polar surface area (TPSA) is 96.6 Å². The van der Waals surface area contributed by atoms with Crippen LogP contribution in [0, 0.1) is 0 Å². The summed E-state index contributed by atoms with van der Waals surface area (Å²) >= 11 is 0. The summed E-state index contributed by atoms with van der Waals surface area (Å²) in [5, 5.41) is 5.44. The number of carbonyl (C=O) groups excluding carboxylic acids is 2. The summed E-state index contributed by atoms with van der Waals surface area (Å²) in [6, 6.07) is 9.92. The SMILES string of the molecule is CC(C)/N=C(/NCCc1ccccc1)C(=O)NCC(N)=O. The molecule has 0 heterocycles. The van der Waals surface area contributed by atoms with E-state index in [0.717, 1.165) is 6.42 Å². The molecule has 0 aliphatic heterocycles. The maximum atomic E-state index is 11.9. The van der Waals surface area contributed by atoms with Gasteiger partial charge in [0.1, 0.15) is 0 Å². The van der Waals surface area contributed by atoms with Crippen molar-refractivity contribution in [3.63, 3.8) is 0 Å². The summed E-state index contributed by atoms with van der Waals surface area (Å²) in [6.07, 6.45) is 0.779. The molecule has 0 aliphatic rings. The van der Waals surface area contributed by atoms with Crippen molar-refractivity contribution in [2.75, 3.05) is 13.1 Å². The molecule has 0 fully saturated rings. The first-order chi connectivity index (χ1) is 9.99. The molecule has 0 saturated heterocycles. The van der Waals surface area contributed by atoms with Crippen molar-refractivity contribution in [1.82, 2.24) is 10.6 Å². The Morgan fingerprint density at radius 3 is 2.43 bits per heavy atom. The van der Waals surface area contributed by atoms with Crippen LogP contribution in [0.1, 0.15) is 19.4 Å². The van der Waals surface area contributed by atoms with E-state index in [1.807, 2.05) is 44.2 Å². The van der Waals surface area contributed by atoms with Gasteiger partial charge >= 0.3 is 0 Å². The molecule has 0 unspecified atom stereocenters. The van der Waals surface area contributed by atoms with Crippen LogP contribution in [-0.2, 0) is 16.0 Å². The summed E-state index contributed by atoms with van der Waals surface area (Å²) < 4.78 is 0. The highest BCUT2D eigenvalue weighted by molar-refractivity contribution is 6.38. The maximum absolute atomic E-state index is 11.9. The molecule has 114 valence electrons. The number of hydrogen-bond donors (Lipinski definition) is 3. The van der Waals surface area contributed by atoms with Crippen LogP contribution in [0.2, 0.25) is 0 Å². The second kappa shape index (κ2) is 8.73. The van der Waals surface area contributed by atoms with Gasteiger partial charge in [-0.05, 0) is 25.8 Å².